The molecule has 0 radical (unpaired) electrons. The molecule has 0 atom stereocenters. The van der Waals surface area contributed by atoms with Crippen LogP contribution in [0, 0.1) is 0 Å². The summed E-state index contributed by atoms with van der Waals surface area (Å²) in [6.45, 7) is 8.78. The predicted octanol–water partition coefficient (Wildman–Crippen LogP) is 1.45. The minimum atomic E-state index is -0.532. The molecule has 0 unspecified atom stereocenters. The third-order valence-corrected chi connectivity index (χ3v) is 3.14. The molecule has 0 bridgehead atoms. The average Bonchev–Trinajstić information content (AvgIpc) is 2.79. The molecular weight excluding hydrogens is 272 g/mol. The molecule has 7 heteroatoms. The Balaban J connectivity index is 2.14. The zero-order valence-electron chi connectivity index (χ0n) is 12.9. The Morgan fingerprint density at radius 3 is 2.76 bits per heavy atom. The summed E-state index contributed by atoms with van der Waals surface area (Å²) in [5, 5.41) is 9.68. The Labute approximate surface area is 124 Å². The summed E-state index contributed by atoms with van der Waals surface area (Å²) in [4.78, 5) is 25.7. The van der Waals surface area contributed by atoms with Gasteiger partial charge in [-0.15, -0.1) is 0 Å². The van der Waals surface area contributed by atoms with E-state index in [1.807, 2.05) is 27.7 Å². The SMILES string of the molecule is CCNC(=O)c1n[nH]c2c1CN(C(=O)OC(C)(C)C)CC2. The fourth-order valence-electron chi connectivity index (χ4n) is 2.21. The van der Waals surface area contributed by atoms with Crippen LogP contribution in [0.15, 0.2) is 0 Å². The van der Waals surface area contributed by atoms with Gasteiger partial charge in [0.15, 0.2) is 5.69 Å². The monoisotopic (exact) mass is 294 g/mol. The standard InChI is InChI=1S/C14H22N4O3/c1-5-15-12(19)11-9-8-18(7-6-10(9)16-17-11)13(20)21-14(2,3)4/h5-8H2,1-4H3,(H,15,19)(H,16,17). The molecule has 2 amide bonds. The average molecular weight is 294 g/mol. The molecule has 7 nitrogen and oxygen atoms in total. The summed E-state index contributed by atoms with van der Waals surface area (Å²) in [7, 11) is 0. The molecule has 1 aliphatic heterocycles. The van der Waals surface area contributed by atoms with E-state index >= 15 is 0 Å². The summed E-state index contributed by atoms with van der Waals surface area (Å²) in [5.74, 6) is -0.221. The first-order valence-corrected chi connectivity index (χ1v) is 7.14. The number of nitrogens with zero attached hydrogens (tertiary/aromatic N) is 2. The summed E-state index contributed by atoms with van der Waals surface area (Å²) < 4.78 is 5.37. The zero-order valence-corrected chi connectivity index (χ0v) is 12.9. The fraction of sp³-hybridized carbons (Fsp3) is 0.643. The molecule has 1 aromatic rings. The molecule has 0 aromatic carbocycles. The molecule has 2 rings (SSSR count). The third-order valence-electron chi connectivity index (χ3n) is 3.14. The number of H-pyrrole nitrogens is 1. The van der Waals surface area contributed by atoms with Crippen LogP contribution >= 0.6 is 0 Å². The largest absolute Gasteiger partial charge is 0.444 e. The van der Waals surface area contributed by atoms with Crippen molar-refractivity contribution in [3.8, 4) is 0 Å². The van der Waals surface area contributed by atoms with Gasteiger partial charge >= 0.3 is 6.09 Å². The van der Waals surface area contributed by atoms with E-state index in [1.54, 1.807) is 4.90 Å². The molecule has 0 spiro atoms. The van der Waals surface area contributed by atoms with Gasteiger partial charge in [-0.25, -0.2) is 4.79 Å². The molecule has 0 saturated carbocycles. The lowest BCUT2D eigenvalue weighted by molar-refractivity contribution is 0.0222. The van der Waals surface area contributed by atoms with Crippen molar-refractivity contribution in [3.05, 3.63) is 17.0 Å². The van der Waals surface area contributed by atoms with Crippen molar-refractivity contribution in [3.63, 3.8) is 0 Å². The van der Waals surface area contributed by atoms with Gasteiger partial charge in [0.2, 0.25) is 0 Å². The van der Waals surface area contributed by atoms with E-state index in [-0.39, 0.29) is 12.0 Å². The number of hydrogen-bond acceptors (Lipinski definition) is 4. The second kappa shape index (κ2) is 5.75. The molecule has 0 saturated heterocycles. The maximum absolute atomic E-state index is 12.1. The van der Waals surface area contributed by atoms with Gasteiger partial charge in [0.05, 0.1) is 6.54 Å². The summed E-state index contributed by atoms with van der Waals surface area (Å²) in [5.41, 5.74) is 1.52. The molecular formula is C14H22N4O3. The Morgan fingerprint density at radius 1 is 1.43 bits per heavy atom. The number of aromatic nitrogens is 2. The van der Waals surface area contributed by atoms with Crippen molar-refractivity contribution < 1.29 is 14.3 Å². The summed E-state index contributed by atoms with van der Waals surface area (Å²) >= 11 is 0. The first kappa shape index (κ1) is 15.3. The van der Waals surface area contributed by atoms with Crippen molar-refractivity contribution in [2.75, 3.05) is 13.1 Å². The van der Waals surface area contributed by atoms with Crippen LogP contribution in [0.25, 0.3) is 0 Å². The van der Waals surface area contributed by atoms with Crippen molar-refractivity contribution in [1.82, 2.24) is 20.4 Å². The number of aromatic amines is 1. The van der Waals surface area contributed by atoms with Gasteiger partial charge in [-0.3, -0.25) is 9.89 Å². The van der Waals surface area contributed by atoms with Crippen molar-refractivity contribution >= 4 is 12.0 Å². The molecule has 0 fully saturated rings. The topological polar surface area (TPSA) is 87.3 Å². The van der Waals surface area contributed by atoms with Crippen LogP contribution in [0.5, 0.6) is 0 Å². The number of rotatable bonds is 2. The Bertz CT molecular complexity index is 545. The van der Waals surface area contributed by atoms with E-state index in [0.29, 0.717) is 31.7 Å². The lowest BCUT2D eigenvalue weighted by Crippen LogP contribution is -2.40. The highest BCUT2D eigenvalue weighted by atomic mass is 16.6. The summed E-state index contributed by atoms with van der Waals surface area (Å²) in [6.07, 6.45) is 0.275. The van der Waals surface area contributed by atoms with Crippen molar-refractivity contribution in [1.29, 1.82) is 0 Å². The maximum Gasteiger partial charge on any atom is 0.410 e. The molecule has 1 aromatic heterocycles. The number of nitrogens with one attached hydrogen (secondary N) is 2. The van der Waals surface area contributed by atoms with Crippen LogP contribution in [0.2, 0.25) is 0 Å². The van der Waals surface area contributed by atoms with Gasteiger partial charge in [-0.05, 0) is 27.7 Å². The Hall–Kier alpha value is -2.05. The molecule has 2 heterocycles. The maximum atomic E-state index is 12.1. The number of ether oxygens (including phenoxy) is 1. The number of carbonyl (C=O) groups is 2. The normalized spacial score (nSPS) is 14.6. The molecule has 21 heavy (non-hydrogen) atoms. The highest BCUT2D eigenvalue weighted by molar-refractivity contribution is 5.94. The van der Waals surface area contributed by atoms with E-state index in [0.717, 1.165) is 11.3 Å². The van der Waals surface area contributed by atoms with Gasteiger partial charge < -0.3 is 15.0 Å². The van der Waals surface area contributed by atoms with E-state index in [4.69, 9.17) is 4.74 Å². The second-order valence-corrected chi connectivity index (χ2v) is 6.04. The first-order valence-electron chi connectivity index (χ1n) is 7.14. The van der Waals surface area contributed by atoms with E-state index in [2.05, 4.69) is 15.5 Å². The first-order chi connectivity index (χ1) is 9.81. The van der Waals surface area contributed by atoms with Crippen LogP contribution in [-0.4, -0.2) is 45.8 Å². The number of amides is 2. The van der Waals surface area contributed by atoms with Crippen LogP contribution in [0.4, 0.5) is 4.79 Å². The minimum Gasteiger partial charge on any atom is -0.444 e. The van der Waals surface area contributed by atoms with Crippen LogP contribution in [0.3, 0.4) is 0 Å². The molecule has 1 aliphatic rings. The van der Waals surface area contributed by atoms with Crippen LogP contribution in [0.1, 0.15) is 49.4 Å². The van der Waals surface area contributed by atoms with Gasteiger partial charge in [0.25, 0.3) is 5.91 Å². The van der Waals surface area contributed by atoms with Crippen LogP contribution in [-0.2, 0) is 17.7 Å². The second-order valence-electron chi connectivity index (χ2n) is 6.04. The highest BCUT2D eigenvalue weighted by Gasteiger charge is 2.30. The summed E-state index contributed by atoms with van der Waals surface area (Å²) in [6, 6.07) is 0. The minimum absolute atomic E-state index is 0.221. The van der Waals surface area contributed by atoms with Gasteiger partial charge in [-0.1, -0.05) is 0 Å². The lowest BCUT2D eigenvalue weighted by Gasteiger charge is -2.30. The van der Waals surface area contributed by atoms with Gasteiger partial charge in [0, 0.05) is 30.8 Å². The third kappa shape index (κ3) is 3.53. The molecule has 0 aliphatic carbocycles. The molecule has 116 valence electrons. The number of fused-ring (bicyclic) bond motifs is 1. The Morgan fingerprint density at radius 2 is 2.14 bits per heavy atom. The number of carbonyl (C=O) groups excluding carboxylic acids is 2. The number of hydrogen-bond donors (Lipinski definition) is 2. The molecule has 2 N–H and O–H groups in total. The quantitative estimate of drug-likeness (QED) is 0.864. The highest BCUT2D eigenvalue weighted by Crippen LogP contribution is 2.22. The van der Waals surface area contributed by atoms with E-state index < -0.39 is 5.60 Å². The van der Waals surface area contributed by atoms with Gasteiger partial charge in [0.1, 0.15) is 5.60 Å². The predicted molar refractivity (Wildman–Crippen MR) is 76.9 cm³/mol. The van der Waals surface area contributed by atoms with Crippen molar-refractivity contribution in [2.24, 2.45) is 0 Å². The van der Waals surface area contributed by atoms with Crippen molar-refractivity contribution in [2.45, 2.75) is 46.3 Å². The lowest BCUT2D eigenvalue weighted by atomic mass is 10.1. The van der Waals surface area contributed by atoms with E-state index in [9.17, 15) is 9.59 Å². The van der Waals surface area contributed by atoms with Crippen LogP contribution < -0.4 is 5.32 Å². The van der Waals surface area contributed by atoms with E-state index in [1.165, 1.54) is 0 Å². The fourth-order valence-corrected chi connectivity index (χ4v) is 2.21. The zero-order chi connectivity index (χ0) is 15.6. The Kier molecular flexibility index (Phi) is 4.20. The van der Waals surface area contributed by atoms with Gasteiger partial charge in [-0.2, -0.15) is 5.10 Å². The smallest absolute Gasteiger partial charge is 0.410 e.